The van der Waals surface area contributed by atoms with Gasteiger partial charge in [0.25, 0.3) is 0 Å². The second-order valence-corrected chi connectivity index (χ2v) is 4.96. The van der Waals surface area contributed by atoms with Crippen molar-refractivity contribution in [3.63, 3.8) is 0 Å². The molecule has 3 N–H and O–H groups in total. The van der Waals surface area contributed by atoms with Crippen LogP contribution in [0, 0.1) is 0 Å². The van der Waals surface area contributed by atoms with Crippen molar-refractivity contribution in [1.29, 1.82) is 0 Å². The molecule has 0 aromatic carbocycles. The van der Waals surface area contributed by atoms with Gasteiger partial charge in [0.1, 0.15) is 6.54 Å². The van der Waals surface area contributed by atoms with Crippen molar-refractivity contribution in [3.05, 3.63) is 0 Å². The molecular formula is C7H22BaCl3NO3. The number of aliphatic hydroxyl groups excluding tert-OH is 2. The minimum absolute atomic E-state index is 0. The van der Waals surface area contributed by atoms with E-state index in [0.717, 1.165) is 18.1 Å². The van der Waals surface area contributed by atoms with Crippen molar-refractivity contribution in [1.82, 2.24) is 0 Å². The van der Waals surface area contributed by atoms with E-state index < -0.39 is 4.30 Å². The van der Waals surface area contributed by atoms with Crippen LogP contribution in [0.2, 0.25) is 0 Å². The van der Waals surface area contributed by atoms with Gasteiger partial charge in [0.05, 0.1) is 27.7 Å². The van der Waals surface area contributed by atoms with Crippen LogP contribution in [0.15, 0.2) is 0 Å². The first-order valence-corrected chi connectivity index (χ1v) is 4.89. The monoisotopic (exact) mass is 411 g/mol. The zero-order valence-corrected chi connectivity index (χ0v) is 11.2. The molecule has 8 heteroatoms. The number of alkyl halides is 3. The Bertz CT molecular complexity index is 91.3. The van der Waals surface area contributed by atoms with E-state index in [-0.39, 0.29) is 61.0 Å². The number of nitrogens with zero attached hydrogens (tertiary/aromatic N) is 1. The number of aliphatic hydroxyl groups is 2. The first-order valence-electron chi connectivity index (χ1n) is 3.58. The number of halogens is 3. The first-order chi connectivity index (χ1) is 5.79. The fraction of sp³-hybridized carbons (Fsp3) is 1.00. The van der Waals surface area contributed by atoms with Gasteiger partial charge in [0.2, 0.25) is 0 Å². The summed E-state index contributed by atoms with van der Waals surface area (Å²) in [6.07, 6.45) is 0. The van der Waals surface area contributed by atoms with Gasteiger partial charge in [-0.1, -0.05) is 34.8 Å². The van der Waals surface area contributed by atoms with Crippen molar-refractivity contribution >= 4 is 83.7 Å². The number of quaternary nitrogens is 1. The van der Waals surface area contributed by atoms with Crippen LogP contribution in [0.4, 0.5) is 0 Å². The minimum Gasteiger partial charge on any atom is -0.870 e. The fourth-order valence-electron chi connectivity index (χ4n) is 0.300. The van der Waals surface area contributed by atoms with E-state index in [1.165, 1.54) is 0 Å². The molecule has 0 aliphatic carbocycles. The van der Waals surface area contributed by atoms with Crippen LogP contribution in [0.5, 0.6) is 0 Å². The summed E-state index contributed by atoms with van der Waals surface area (Å²) >= 11 is 14.4. The molecule has 0 aliphatic heterocycles. The Morgan fingerprint density at radius 1 is 1.07 bits per heavy atom. The standard InChI is InChI=1S/C5H14NO.CHCl3.CH4O.Ba.H2O.2H/c1-6(2,3)4-5-7;2-1(3)4;1-2;;;;/h7H,4-5H2,1-3H3;1H;2H,1H3;;1H2;;/q+1;;;;;;/p-1. The average molecular weight is 412 g/mol. The second kappa shape index (κ2) is 21.6. The van der Waals surface area contributed by atoms with Crippen LogP contribution in [-0.2, 0) is 0 Å². The van der Waals surface area contributed by atoms with Crippen LogP contribution in [0.25, 0.3) is 0 Å². The molecule has 96 valence electrons. The van der Waals surface area contributed by atoms with Crippen LogP contribution in [0.1, 0.15) is 0 Å². The van der Waals surface area contributed by atoms with Gasteiger partial charge in [-0.25, -0.2) is 0 Å². The SMILES string of the molecule is CO.C[N+](C)(C)CCO.ClC(Cl)Cl.[BaH2].[OH-]. The first kappa shape index (κ1) is 30.4. The van der Waals surface area contributed by atoms with E-state index in [9.17, 15) is 0 Å². The normalized spacial score (nSPS) is 8.40. The smallest absolute Gasteiger partial charge is 0.870 e. The van der Waals surface area contributed by atoms with Gasteiger partial charge in [-0.15, -0.1) is 0 Å². The molecule has 0 unspecified atom stereocenters. The summed E-state index contributed by atoms with van der Waals surface area (Å²) < 4.78 is 0.0938. The van der Waals surface area contributed by atoms with Crippen LogP contribution in [0.3, 0.4) is 0 Å². The molecule has 0 aromatic heterocycles. The van der Waals surface area contributed by atoms with E-state index >= 15 is 0 Å². The molecule has 0 atom stereocenters. The molecule has 0 fully saturated rings. The molecule has 0 aliphatic rings. The topological polar surface area (TPSA) is 70.5 Å². The molecule has 0 amide bonds. The number of rotatable bonds is 2. The van der Waals surface area contributed by atoms with Gasteiger partial charge in [0.15, 0.2) is 4.30 Å². The third-order valence-corrected chi connectivity index (χ3v) is 0.771. The number of likely N-dealkylation sites (N-methyl/N-ethyl adjacent to an activating group) is 1. The van der Waals surface area contributed by atoms with Gasteiger partial charge < -0.3 is 20.2 Å². The molecule has 0 aromatic rings. The quantitative estimate of drug-likeness (QED) is 0.387. The summed E-state index contributed by atoms with van der Waals surface area (Å²) in [5, 5.41) is 15.4. The molecule has 0 heterocycles. The van der Waals surface area contributed by atoms with Gasteiger partial charge in [-0.2, -0.15) is 0 Å². The molecule has 0 bridgehead atoms. The van der Waals surface area contributed by atoms with Crippen molar-refractivity contribution in [2.75, 3.05) is 41.4 Å². The second-order valence-electron chi connectivity index (χ2n) is 2.98. The molecule has 0 saturated heterocycles. The Kier molecular flexibility index (Phi) is 43.6. The van der Waals surface area contributed by atoms with E-state index in [1.807, 2.05) is 0 Å². The van der Waals surface area contributed by atoms with E-state index in [2.05, 4.69) is 21.1 Å². The summed E-state index contributed by atoms with van der Waals surface area (Å²) in [5.41, 5.74) is 0. The minimum atomic E-state index is -0.750. The zero-order chi connectivity index (χ0) is 11.5. The molecule has 0 spiro atoms. The van der Waals surface area contributed by atoms with E-state index in [1.54, 1.807) is 0 Å². The Hall–Kier alpha value is 2.28. The van der Waals surface area contributed by atoms with E-state index in [4.69, 9.17) is 45.0 Å². The maximum atomic E-state index is 8.39. The summed E-state index contributed by atoms with van der Waals surface area (Å²) in [4.78, 5) is 0. The average Bonchev–Trinajstić information content (AvgIpc) is 1.87. The summed E-state index contributed by atoms with van der Waals surface area (Å²) in [5.74, 6) is 0. The predicted octanol–water partition coefficient (Wildman–Crippen LogP) is 0.187. The largest absolute Gasteiger partial charge is 0.870 e. The summed E-state index contributed by atoms with van der Waals surface area (Å²) in [6, 6.07) is 0. The molecule has 15 heavy (non-hydrogen) atoms. The van der Waals surface area contributed by atoms with Gasteiger partial charge in [-0.3, -0.25) is 0 Å². The molecule has 0 radical (unpaired) electrons. The fourth-order valence-corrected chi connectivity index (χ4v) is 0.300. The third-order valence-electron chi connectivity index (χ3n) is 0.771. The van der Waals surface area contributed by atoms with Crippen molar-refractivity contribution < 1.29 is 20.2 Å². The van der Waals surface area contributed by atoms with Gasteiger partial charge >= 0.3 is 48.9 Å². The number of hydrogen-bond donors (Lipinski definition) is 2. The Balaban J connectivity index is -0.0000000367. The molecule has 0 rings (SSSR count). The third kappa shape index (κ3) is 84.2. The maximum absolute atomic E-state index is 8.39. The zero-order valence-electron chi connectivity index (χ0n) is 8.91. The van der Waals surface area contributed by atoms with E-state index in [0.29, 0.717) is 0 Å². The Labute approximate surface area is 147 Å². The van der Waals surface area contributed by atoms with Gasteiger partial charge in [0, 0.05) is 7.11 Å². The van der Waals surface area contributed by atoms with Crippen molar-refractivity contribution in [3.8, 4) is 0 Å². The molecular weight excluding hydrogens is 390 g/mol. The Morgan fingerprint density at radius 3 is 1.27 bits per heavy atom. The molecule has 4 nitrogen and oxygen atoms in total. The van der Waals surface area contributed by atoms with Crippen LogP contribution >= 0.6 is 34.8 Å². The number of hydrogen-bond acceptors (Lipinski definition) is 3. The summed E-state index contributed by atoms with van der Waals surface area (Å²) in [7, 11) is 7.16. The summed E-state index contributed by atoms with van der Waals surface area (Å²) in [6.45, 7) is 1.11. The predicted molar refractivity (Wildman–Crippen MR) is 70.0 cm³/mol. The van der Waals surface area contributed by atoms with Gasteiger partial charge in [-0.05, 0) is 0 Å². The van der Waals surface area contributed by atoms with Crippen LogP contribution in [-0.4, -0.2) is 115 Å². The van der Waals surface area contributed by atoms with Crippen molar-refractivity contribution in [2.45, 2.75) is 4.30 Å². The maximum Gasteiger partial charge on any atom is -0.870 e. The Morgan fingerprint density at radius 2 is 1.27 bits per heavy atom. The molecule has 0 saturated carbocycles. The van der Waals surface area contributed by atoms with Crippen LogP contribution < -0.4 is 0 Å². The van der Waals surface area contributed by atoms with Crippen molar-refractivity contribution in [2.24, 2.45) is 0 Å².